The van der Waals surface area contributed by atoms with E-state index < -0.39 is 0 Å². The summed E-state index contributed by atoms with van der Waals surface area (Å²) in [7, 11) is 0. The third-order valence-electron chi connectivity index (χ3n) is 2.88. The first kappa shape index (κ1) is 12.5. The number of rotatable bonds is 4. The third-order valence-corrected chi connectivity index (χ3v) is 2.88. The summed E-state index contributed by atoms with van der Waals surface area (Å²) in [5.74, 6) is 0.446. The molecule has 1 fully saturated rings. The highest BCUT2D eigenvalue weighted by Gasteiger charge is 2.18. The van der Waals surface area contributed by atoms with Gasteiger partial charge in [0.2, 0.25) is 11.7 Å². The molecule has 1 saturated heterocycles. The lowest BCUT2D eigenvalue weighted by Crippen LogP contribution is -2.33. The zero-order valence-corrected chi connectivity index (χ0v) is 10.4. The molecule has 7 nitrogen and oxygen atoms in total. The first-order valence-electron chi connectivity index (χ1n) is 6.12. The Morgan fingerprint density at radius 2 is 2.11 bits per heavy atom. The molecule has 7 heteroatoms. The quantitative estimate of drug-likeness (QED) is 0.779. The van der Waals surface area contributed by atoms with Gasteiger partial charge in [0.15, 0.2) is 0 Å². The SMILES string of the molecule is Cc1nc(C(=O)NCCC(=O)N2CCCC2)n[nH]1. The van der Waals surface area contributed by atoms with E-state index in [0.29, 0.717) is 18.8 Å². The molecule has 0 aliphatic carbocycles. The maximum Gasteiger partial charge on any atom is 0.290 e. The Labute approximate surface area is 105 Å². The van der Waals surface area contributed by atoms with Crippen LogP contribution in [0.2, 0.25) is 0 Å². The second kappa shape index (κ2) is 5.61. The Balaban J connectivity index is 1.71. The van der Waals surface area contributed by atoms with E-state index in [2.05, 4.69) is 20.5 Å². The van der Waals surface area contributed by atoms with Crippen LogP contribution in [0.5, 0.6) is 0 Å². The molecule has 0 bridgehead atoms. The van der Waals surface area contributed by atoms with Crippen molar-refractivity contribution < 1.29 is 9.59 Å². The Morgan fingerprint density at radius 3 is 2.72 bits per heavy atom. The topological polar surface area (TPSA) is 91.0 Å². The lowest BCUT2D eigenvalue weighted by Gasteiger charge is -2.14. The molecule has 0 unspecified atom stereocenters. The van der Waals surface area contributed by atoms with Gasteiger partial charge >= 0.3 is 0 Å². The number of carbonyl (C=O) groups is 2. The highest BCUT2D eigenvalue weighted by molar-refractivity contribution is 5.90. The molecular formula is C11H17N5O2. The van der Waals surface area contributed by atoms with Gasteiger partial charge in [-0.15, -0.1) is 5.10 Å². The molecule has 0 aromatic carbocycles. The molecule has 1 aromatic heterocycles. The van der Waals surface area contributed by atoms with Crippen molar-refractivity contribution in [1.82, 2.24) is 25.4 Å². The number of nitrogens with zero attached hydrogens (tertiary/aromatic N) is 3. The van der Waals surface area contributed by atoms with Gasteiger partial charge in [0.1, 0.15) is 5.82 Å². The molecule has 2 N–H and O–H groups in total. The summed E-state index contributed by atoms with van der Waals surface area (Å²) >= 11 is 0. The van der Waals surface area contributed by atoms with Gasteiger partial charge < -0.3 is 10.2 Å². The summed E-state index contributed by atoms with van der Waals surface area (Å²) in [5.41, 5.74) is 0. The molecular weight excluding hydrogens is 234 g/mol. The minimum Gasteiger partial charge on any atom is -0.349 e. The predicted molar refractivity (Wildman–Crippen MR) is 63.9 cm³/mol. The fraction of sp³-hybridized carbons (Fsp3) is 0.636. The molecule has 0 saturated carbocycles. The Hall–Kier alpha value is -1.92. The summed E-state index contributed by atoms with van der Waals surface area (Å²) in [6, 6.07) is 0. The second-order valence-electron chi connectivity index (χ2n) is 4.34. The minimum atomic E-state index is -0.353. The van der Waals surface area contributed by atoms with E-state index in [-0.39, 0.29) is 17.6 Å². The molecule has 0 spiro atoms. The fourth-order valence-electron chi connectivity index (χ4n) is 1.93. The van der Waals surface area contributed by atoms with Crippen LogP contribution in [0, 0.1) is 6.92 Å². The highest BCUT2D eigenvalue weighted by atomic mass is 16.2. The zero-order valence-electron chi connectivity index (χ0n) is 10.4. The van der Waals surface area contributed by atoms with Crippen LogP contribution in [0.15, 0.2) is 0 Å². The van der Waals surface area contributed by atoms with Crippen LogP contribution in [-0.4, -0.2) is 51.5 Å². The number of carbonyl (C=O) groups excluding carboxylic acids is 2. The van der Waals surface area contributed by atoms with Gasteiger partial charge in [-0.2, -0.15) is 0 Å². The van der Waals surface area contributed by atoms with Crippen molar-refractivity contribution >= 4 is 11.8 Å². The standard InChI is InChI=1S/C11H17N5O2/c1-8-13-10(15-14-8)11(18)12-5-4-9(17)16-6-2-3-7-16/h2-7H2,1H3,(H,12,18)(H,13,14,15). The van der Waals surface area contributed by atoms with Crippen molar-refractivity contribution in [2.45, 2.75) is 26.2 Å². The molecule has 2 amide bonds. The largest absolute Gasteiger partial charge is 0.349 e. The molecule has 98 valence electrons. The van der Waals surface area contributed by atoms with E-state index in [1.807, 2.05) is 4.90 Å². The normalized spacial score (nSPS) is 14.8. The molecule has 0 atom stereocenters. The number of hydrogen-bond donors (Lipinski definition) is 2. The van der Waals surface area contributed by atoms with Crippen LogP contribution in [0.4, 0.5) is 0 Å². The average molecular weight is 251 g/mol. The van der Waals surface area contributed by atoms with E-state index >= 15 is 0 Å². The Kier molecular flexibility index (Phi) is 3.91. The first-order valence-corrected chi connectivity index (χ1v) is 6.12. The zero-order chi connectivity index (χ0) is 13.0. The smallest absolute Gasteiger partial charge is 0.290 e. The van der Waals surface area contributed by atoms with Crippen LogP contribution in [0.25, 0.3) is 0 Å². The van der Waals surface area contributed by atoms with Gasteiger partial charge in [-0.05, 0) is 19.8 Å². The molecule has 2 heterocycles. The van der Waals surface area contributed by atoms with Gasteiger partial charge in [-0.1, -0.05) is 0 Å². The van der Waals surface area contributed by atoms with Crippen molar-refractivity contribution in [3.05, 3.63) is 11.6 Å². The number of aryl methyl sites for hydroxylation is 1. The monoisotopic (exact) mass is 251 g/mol. The third kappa shape index (κ3) is 3.06. The van der Waals surface area contributed by atoms with Crippen LogP contribution < -0.4 is 5.32 Å². The van der Waals surface area contributed by atoms with E-state index in [1.54, 1.807) is 6.92 Å². The number of nitrogens with one attached hydrogen (secondary N) is 2. The van der Waals surface area contributed by atoms with Crippen LogP contribution in [0.1, 0.15) is 35.7 Å². The van der Waals surface area contributed by atoms with Gasteiger partial charge in [-0.3, -0.25) is 14.7 Å². The second-order valence-corrected chi connectivity index (χ2v) is 4.34. The highest BCUT2D eigenvalue weighted by Crippen LogP contribution is 2.08. The van der Waals surface area contributed by atoms with Gasteiger partial charge in [0.05, 0.1) is 0 Å². The van der Waals surface area contributed by atoms with Crippen LogP contribution in [0.3, 0.4) is 0 Å². The molecule has 1 aliphatic heterocycles. The Morgan fingerprint density at radius 1 is 1.39 bits per heavy atom. The first-order chi connectivity index (χ1) is 8.66. The number of H-pyrrole nitrogens is 1. The number of amides is 2. The summed E-state index contributed by atoms with van der Waals surface area (Å²) in [5, 5.41) is 8.98. The molecule has 18 heavy (non-hydrogen) atoms. The molecule has 1 aromatic rings. The summed E-state index contributed by atoms with van der Waals surface area (Å²) in [6.07, 6.45) is 2.48. The number of hydrogen-bond acceptors (Lipinski definition) is 4. The van der Waals surface area contributed by atoms with Crippen molar-refractivity contribution in [3.8, 4) is 0 Å². The van der Waals surface area contributed by atoms with Gasteiger partial charge in [-0.25, -0.2) is 4.98 Å². The number of likely N-dealkylation sites (tertiary alicyclic amines) is 1. The van der Waals surface area contributed by atoms with Gasteiger partial charge in [0, 0.05) is 26.1 Å². The van der Waals surface area contributed by atoms with Crippen molar-refractivity contribution in [2.24, 2.45) is 0 Å². The fourth-order valence-corrected chi connectivity index (χ4v) is 1.93. The maximum absolute atomic E-state index is 11.7. The summed E-state index contributed by atoms with van der Waals surface area (Å²) in [6.45, 7) is 3.72. The number of aromatic amines is 1. The van der Waals surface area contributed by atoms with Crippen molar-refractivity contribution in [3.63, 3.8) is 0 Å². The van der Waals surface area contributed by atoms with E-state index in [1.165, 1.54) is 0 Å². The summed E-state index contributed by atoms with van der Waals surface area (Å²) < 4.78 is 0. The molecule has 0 radical (unpaired) electrons. The number of aromatic nitrogens is 3. The lowest BCUT2D eigenvalue weighted by molar-refractivity contribution is -0.129. The molecule has 2 rings (SSSR count). The lowest BCUT2D eigenvalue weighted by atomic mass is 10.3. The predicted octanol–water partition coefficient (Wildman–Crippen LogP) is -0.145. The maximum atomic E-state index is 11.7. The minimum absolute atomic E-state index is 0.0963. The summed E-state index contributed by atoms with van der Waals surface area (Å²) in [4.78, 5) is 29.0. The Bertz CT molecular complexity index is 436. The average Bonchev–Trinajstić information content (AvgIpc) is 2.99. The van der Waals surface area contributed by atoms with Crippen LogP contribution in [-0.2, 0) is 4.79 Å². The van der Waals surface area contributed by atoms with E-state index in [4.69, 9.17) is 0 Å². The van der Waals surface area contributed by atoms with E-state index in [9.17, 15) is 9.59 Å². The van der Waals surface area contributed by atoms with Crippen molar-refractivity contribution in [2.75, 3.05) is 19.6 Å². The van der Waals surface area contributed by atoms with E-state index in [0.717, 1.165) is 25.9 Å². The molecule has 1 aliphatic rings. The van der Waals surface area contributed by atoms with Crippen molar-refractivity contribution in [1.29, 1.82) is 0 Å². The van der Waals surface area contributed by atoms with Crippen LogP contribution >= 0.6 is 0 Å². The van der Waals surface area contributed by atoms with Gasteiger partial charge in [0.25, 0.3) is 5.91 Å².